The molecule has 0 saturated carbocycles. The summed E-state index contributed by atoms with van der Waals surface area (Å²) >= 11 is 6.07. The van der Waals surface area contributed by atoms with E-state index < -0.39 is 16.0 Å². The van der Waals surface area contributed by atoms with Crippen LogP contribution in [0.25, 0.3) is 28.1 Å². The molecule has 0 amide bonds. The molecular formula is C22H20ClN3O5S. The first kappa shape index (κ1) is 21.9. The minimum atomic E-state index is -3.76. The number of nitrogens with zero attached hydrogens (tertiary/aromatic N) is 2. The summed E-state index contributed by atoms with van der Waals surface area (Å²) in [6.07, 6.45) is 3.83. The number of anilines is 1. The van der Waals surface area contributed by atoms with Crippen molar-refractivity contribution in [2.24, 2.45) is 0 Å². The van der Waals surface area contributed by atoms with Crippen molar-refractivity contribution in [1.82, 2.24) is 8.96 Å². The Balaban J connectivity index is 1.63. The summed E-state index contributed by atoms with van der Waals surface area (Å²) < 4.78 is 33.1. The Hall–Kier alpha value is -3.30. The first-order chi connectivity index (χ1) is 15.2. The van der Waals surface area contributed by atoms with Crippen LogP contribution in [-0.2, 0) is 21.2 Å². The van der Waals surface area contributed by atoms with E-state index >= 15 is 0 Å². The molecule has 2 aromatic heterocycles. The zero-order chi connectivity index (χ0) is 22.9. The van der Waals surface area contributed by atoms with Gasteiger partial charge in [0.15, 0.2) is 5.58 Å². The molecule has 0 spiro atoms. The van der Waals surface area contributed by atoms with Crippen molar-refractivity contribution in [3.8, 4) is 0 Å². The lowest BCUT2D eigenvalue weighted by Gasteiger charge is -2.10. The summed E-state index contributed by atoms with van der Waals surface area (Å²) in [5.74, 6) is -1.17. The molecule has 0 atom stereocenters. The summed E-state index contributed by atoms with van der Waals surface area (Å²) in [7, 11) is -3.76. The lowest BCUT2D eigenvalue weighted by atomic mass is 10.2. The van der Waals surface area contributed by atoms with E-state index in [0.29, 0.717) is 45.6 Å². The maximum Gasteiger partial charge on any atom is 0.303 e. The number of benzene rings is 2. The number of aryl methyl sites for hydroxylation is 1. The average Bonchev–Trinajstić information content (AvgIpc) is 3.26. The lowest BCUT2D eigenvalue weighted by molar-refractivity contribution is -0.137. The second kappa shape index (κ2) is 8.68. The monoisotopic (exact) mass is 473 g/mol. The van der Waals surface area contributed by atoms with Gasteiger partial charge >= 0.3 is 5.97 Å². The number of rotatable bonds is 8. The average molecular weight is 474 g/mol. The van der Waals surface area contributed by atoms with Crippen LogP contribution in [0.2, 0.25) is 5.02 Å². The lowest BCUT2D eigenvalue weighted by Crippen LogP contribution is -2.18. The van der Waals surface area contributed by atoms with Crippen LogP contribution in [0, 0.1) is 0 Å². The minimum Gasteiger partial charge on any atom is -0.481 e. The van der Waals surface area contributed by atoms with Crippen LogP contribution < -0.4 is 5.73 Å². The Morgan fingerprint density at radius 1 is 1.22 bits per heavy atom. The molecule has 32 heavy (non-hydrogen) atoms. The van der Waals surface area contributed by atoms with Crippen LogP contribution in [0.5, 0.6) is 0 Å². The number of hydrogen-bond donors (Lipinski definition) is 2. The van der Waals surface area contributed by atoms with E-state index in [9.17, 15) is 13.2 Å². The Kier molecular flexibility index (Phi) is 5.94. The predicted octanol–water partition coefficient (Wildman–Crippen LogP) is 4.32. The number of carboxylic acids is 1. The molecule has 0 unspecified atom stereocenters. The predicted molar refractivity (Wildman–Crippen MR) is 124 cm³/mol. The van der Waals surface area contributed by atoms with E-state index in [2.05, 4.69) is 4.98 Å². The number of halogens is 1. The van der Waals surface area contributed by atoms with Crippen LogP contribution in [0.1, 0.15) is 24.1 Å². The standard InChI is InChI=1S/C22H20ClN3O5S/c23-16-7-9-19-15(12-16)13-17(4-1-5-21(27)28)26(19)32(29,30)10-2-3-14-6-8-18-20(11-14)31-22(24)25-18/h2-3,6-9,11-13H,1,4-5,10H2,(H2,24,25)(H,27,28). The Bertz CT molecular complexity index is 1450. The number of aliphatic carboxylic acids is 1. The van der Waals surface area contributed by atoms with E-state index in [1.54, 1.807) is 54.6 Å². The van der Waals surface area contributed by atoms with E-state index in [1.165, 1.54) is 3.97 Å². The molecule has 166 valence electrons. The summed E-state index contributed by atoms with van der Waals surface area (Å²) in [5.41, 5.74) is 8.46. The van der Waals surface area contributed by atoms with Crippen molar-refractivity contribution in [3.63, 3.8) is 0 Å². The summed E-state index contributed by atoms with van der Waals surface area (Å²) in [4.78, 5) is 14.9. The van der Waals surface area contributed by atoms with Gasteiger partial charge in [-0.1, -0.05) is 29.8 Å². The van der Waals surface area contributed by atoms with Gasteiger partial charge in [0.25, 0.3) is 6.01 Å². The van der Waals surface area contributed by atoms with Crippen LogP contribution in [0.4, 0.5) is 6.01 Å². The number of oxazole rings is 1. The SMILES string of the molecule is Nc1nc2ccc(C=CCS(=O)(=O)n3c(CCCC(=O)O)cc4cc(Cl)ccc43)cc2o1. The molecule has 8 nitrogen and oxygen atoms in total. The molecule has 10 heteroatoms. The fourth-order valence-corrected chi connectivity index (χ4v) is 5.22. The highest BCUT2D eigenvalue weighted by molar-refractivity contribution is 7.90. The third kappa shape index (κ3) is 4.63. The molecule has 0 aliphatic carbocycles. The molecule has 4 rings (SSSR count). The van der Waals surface area contributed by atoms with Crippen molar-refractivity contribution >= 4 is 61.7 Å². The van der Waals surface area contributed by atoms with Crippen molar-refractivity contribution in [1.29, 1.82) is 0 Å². The van der Waals surface area contributed by atoms with Gasteiger partial charge in [0.05, 0.1) is 11.3 Å². The molecule has 0 fully saturated rings. The second-order valence-electron chi connectivity index (χ2n) is 7.31. The highest BCUT2D eigenvalue weighted by atomic mass is 35.5. The molecule has 4 aromatic rings. The van der Waals surface area contributed by atoms with Crippen molar-refractivity contribution < 1.29 is 22.7 Å². The van der Waals surface area contributed by atoms with Gasteiger partial charge in [0.2, 0.25) is 10.0 Å². The fraction of sp³-hybridized carbons (Fsp3) is 0.182. The number of carboxylic acid groups (broad SMARTS) is 1. The maximum absolute atomic E-state index is 13.2. The van der Waals surface area contributed by atoms with Gasteiger partial charge in [-0.05, 0) is 54.8 Å². The first-order valence-corrected chi connectivity index (χ1v) is 11.8. The summed E-state index contributed by atoms with van der Waals surface area (Å²) in [6, 6.07) is 12.0. The largest absolute Gasteiger partial charge is 0.481 e. The van der Waals surface area contributed by atoms with E-state index in [0.717, 1.165) is 5.56 Å². The van der Waals surface area contributed by atoms with Crippen molar-refractivity contribution in [2.45, 2.75) is 19.3 Å². The minimum absolute atomic E-state index is 0.0448. The number of hydrogen-bond acceptors (Lipinski definition) is 6. The molecule has 0 saturated heterocycles. The number of fused-ring (bicyclic) bond motifs is 2. The summed E-state index contributed by atoms with van der Waals surface area (Å²) in [6.45, 7) is 0. The molecule has 0 bridgehead atoms. The number of aromatic nitrogens is 2. The maximum atomic E-state index is 13.2. The van der Waals surface area contributed by atoms with E-state index in [-0.39, 0.29) is 18.2 Å². The van der Waals surface area contributed by atoms with Crippen molar-refractivity contribution in [2.75, 3.05) is 11.5 Å². The quantitative estimate of drug-likeness (QED) is 0.390. The Labute approximate surface area is 189 Å². The van der Waals surface area contributed by atoms with E-state index in [1.807, 2.05) is 0 Å². The second-order valence-corrected chi connectivity index (χ2v) is 9.61. The van der Waals surface area contributed by atoms with Gasteiger partial charge in [0.1, 0.15) is 5.52 Å². The number of carbonyl (C=O) groups is 1. The highest BCUT2D eigenvalue weighted by Crippen LogP contribution is 2.27. The van der Waals surface area contributed by atoms with E-state index in [4.69, 9.17) is 26.9 Å². The molecule has 0 aliphatic rings. The van der Waals surface area contributed by atoms with Crippen LogP contribution >= 0.6 is 11.6 Å². The van der Waals surface area contributed by atoms with Gasteiger partial charge in [-0.15, -0.1) is 0 Å². The zero-order valence-electron chi connectivity index (χ0n) is 16.9. The topological polar surface area (TPSA) is 128 Å². The van der Waals surface area contributed by atoms with Crippen LogP contribution in [0.15, 0.2) is 53.0 Å². The van der Waals surface area contributed by atoms with Crippen molar-refractivity contribution in [3.05, 3.63) is 64.8 Å². The Morgan fingerprint density at radius 3 is 2.81 bits per heavy atom. The van der Waals surface area contributed by atoms with Gasteiger partial charge < -0.3 is 15.3 Å². The fourth-order valence-electron chi connectivity index (χ4n) is 3.58. The van der Waals surface area contributed by atoms with Gasteiger partial charge in [0, 0.05) is 22.5 Å². The van der Waals surface area contributed by atoms with Crippen LogP contribution in [-0.4, -0.2) is 34.2 Å². The number of nitrogens with two attached hydrogens (primary N) is 1. The molecule has 0 radical (unpaired) electrons. The summed E-state index contributed by atoms with van der Waals surface area (Å²) in [5, 5.41) is 10.1. The van der Waals surface area contributed by atoms with Gasteiger partial charge in [-0.2, -0.15) is 4.98 Å². The van der Waals surface area contributed by atoms with Crippen LogP contribution in [0.3, 0.4) is 0 Å². The third-order valence-electron chi connectivity index (χ3n) is 4.94. The zero-order valence-corrected chi connectivity index (χ0v) is 18.4. The van der Waals surface area contributed by atoms with Gasteiger partial charge in [-0.3, -0.25) is 4.79 Å². The molecular weight excluding hydrogens is 454 g/mol. The number of nitrogen functional groups attached to an aromatic ring is 1. The molecule has 2 heterocycles. The highest BCUT2D eigenvalue weighted by Gasteiger charge is 2.20. The molecule has 0 aliphatic heterocycles. The smallest absolute Gasteiger partial charge is 0.303 e. The normalized spacial score (nSPS) is 12.3. The molecule has 2 aromatic carbocycles. The molecule has 3 N–H and O–H groups in total. The van der Waals surface area contributed by atoms with Gasteiger partial charge in [-0.25, -0.2) is 12.4 Å². The Morgan fingerprint density at radius 2 is 2.03 bits per heavy atom. The third-order valence-corrected chi connectivity index (χ3v) is 6.78. The first-order valence-electron chi connectivity index (χ1n) is 9.80.